The smallest absolute Gasteiger partial charge is 0.142 e. The van der Waals surface area contributed by atoms with Gasteiger partial charge in [-0.1, -0.05) is 0 Å². The molecule has 2 N–H and O–H groups in total. The van der Waals surface area contributed by atoms with E-state index < -0.39 is 0 Å². The minimum absolute atomic E-state index is 0.986. The number of aryl methyl sites for hydroxylation is 3. The van der Waals surface area contributed by atoms with Crippen LogP contribution < -0.4 is 5.73 Å². The van der Waals surface area contributed by atoms with Gasteiger partial charge in [0, 0.05) is 29.0 Å². The molecule has 0 aromatic carbocycles. The van der Waals surface area contributed by atoms with Gasteiger partial charge >= 0.3 is 0 Å². The Morgan fingerprint density at radius 3 is 2.71 bits per heavy atom. The zero-order chi connectivity index (χ0) is 15.1. The number of rotatable bonds is 4. The monoisotopic (exact) mass is 286 g/mol. The van der Waals surface area contributed by atoms with Crippen LogP contribution >= 0.6 is 0 Å². The number of hydrogen-bond acceptors (Lipinski definition) is 3. The van der Waals surface area contributed by atoms with Gasteiger partial charge in [0.2, 0.25) is 0 Å². The van der Waals surface area contributed by atoms with Gasteiger partial charge in [-0.3, -0.25) is 0 Å². The second-order valence-corrected chi connectivity index (χ2v) is 6.52. The molecule has 4 nitrogen and oxygen atoms in total. The fourth-order valence-electron chi connectivity index (χ4n) is 3.52. The molecule has 0 saturated carbocycles. The molecule has 0 fully saturated rings. The van der Waals surface area contributed by atoms with Crippen LogP contribution in [0.2, 0.25) is 0 Å². The molecule has 0 spiro atoms. The lowest BCUT2D eigenvalue weighted by Gasteiger charge is -2.12. The van der Waals surface area contributed by atoms with E-state index >= 15 is 0 Å². The normalized spacial score (nSPS) is 14.3. The van der Waals surface area contributed by atoms with Crippen LogP contribution in [0.3, 0.4) is 0 Å². The first-order valence-electron chi connectivity index (χ1n) is 7.92. The largest absolute Gasteiger partial charge is 0.398 e. The van der Waals surface area contributed by atoms with Crippen molar-refractivity contribution in [1.82, 2.24) is 14.5 Å². The van der Waals surface area contributed by atoms with E-state index in [4.69, 9.17) is 10.7 Å². The highest BCUT2D eigenvalue weighted by Crippen LogP contribution is 2.36. The quantitative estimate of drug-likeness (QED) is 0.940. The van der Waals surface area contributed by atoms with E-state index in [1.165, 1.54) is 34.3 Å². The molecule has 1 aliphatic carbocycles. The summed E-state index contributed by atoms with van der Waals surface area (Å²) in [4.78, 5) is 7.19. The predicted octanol–water partition coefficient (Wildman–Crippen LogP) is 2.68. The fraction of sp³-hybridized carbons (Fsp3) is 0.588. The third kappa shape index (κ3) is 2.31. The highest BCUT2D eigenvalue weighted by atomic mass is 15.1. The first-order chi connectivity index (χ1) is 10.0. The first kappa shape index (κ1) is 14.4. The topological polar surface area (TPSA) is 47.1 Å². The average molecular weight is 286 g/mol. The molecule has 0 amide bonds. The number of nitrogens with two attached hydrogens (primary N) is 1. The molecular weight excluding hydrogens is 260 g/mol. The predicted molar refractivity (Wildman–Crippen MR) is 88.8 cm³/mol. The number of fused-ring (bicyclic) bond motifs is 2. The molecule has 0 bridgehead atoms. The van der Waals surface area contributed by atoms with Gasteiger partial charge in [0.05, 0.1) is 0 Å². The maximum absolute atomic E-state index is 6.47. The molecule has 3 rings (SSSR count). The molecule has 2 aromatic rings. The number of nitrogens with zero attached hydrogens (tertiary/aromatic N) is 3. The highest BCUT2D eigenvalue weighted by Gasteiger charge is 2.22. The molecule has 0 saturated heterocycles. The maximum Gasteiger partial charge on any atom is 0.142 e. The Morgan fingerprint density at radius 1 is 1.24 bits per heavy atom. The van der Waals surface area contributed by atoms with Crippen molar-refractivity contribution < 1.29 is 0 Å². The van der Waals surface area contributed by atoms with Gasteiger partial charge in [0.1, 0.15) is 5.65 Å². The third-order valence-electron chi connectivity index (χ3n) is 4.81. The van der Waals surface area contributed by atoms with Crippen LogP contribution in [0.1, 0.15) is 35.4 Å². The number of aromatic nitrogens is 2. The van der Waals surface area contributed by atoms with E-state index in [9.17, 15) is 0 Å². The Morgan fingerprint density at radius 2 is 2.00 bits per heavy atom. The van der Waals surface area contributed by atoms with Crippen LogP contribution in [-0.4, -0.2) is 35.1 Å². The third-order valence-corrected chi connectivity index (χ3v) is 4.81. The van der Waals surface area contributed by atoms with E-state index in [0.29, 0.717) is 0 Å². The van der Waals surface area contributed by atoms with Crippen molar-refractivity contribution in [2.45, 2.75) is 46.1 Å². The van der Waals surface area contributed by atoms with Crippen LogP contribution in [0.25, 0.3) is 11.0 Å². The number of pyridine rings is 1. The minimum Gasteiger partial charge on any atom is -0.398 e. The summed E-state index contributed by atoms with van der Waals surface area (Å²) in [6, 6.07) is 0. The van der Waals surface area contributed by atoms with Crippen molar-refractivity contribution in [3.8, 4) is 0 Å². The van der Waals surface area contributed by atoms with Crippen LogP contribution in [0.4, 0.5) is 5.69 Å². The molecule has 4 heteroatoms. The Bertz CT molecular complexity index is 682. The molecular formula is C17H26N4. The zero-order valence-corrected chi connectivity index (χ0v) is 13.7. The van der Waals surface area contributed by atoms with Gasteiger partial charge in [-0.2, -0.15) is 0 Å². The fourth-order valence-corrected chi connectivity index (χ4v) is 3.52. The van der Waals surface area contributed by atoms with Crippen LogP contribution in [-0.2, 0) is 19.4 Å². The minimum atomic E-state index is 0.986. The molecule has 2 aromatic heterocycles. The Balaban J connectivity index is 2.08. The molecule has 21 heavy (non-hydrogen) atoms. The lowest BCUT2D eigenvalue weighted by Crippen LogP contribution is -2.15. The van der Waals surface area contributed by atoms with Crippen molar-refractivity contribution in [2.75, 3.05) is 26.4 Å². The Kier molecular flexibility index (Phi) is 3.66. The first-order valence-corrected chi connectivity index (χ1v) is 7.92. The van der Waals surface area contributed by atoms with E-state index in [2.05, 4.69) is 37.4 Å². The zero-order valence-electron chi connectivity index (χ0n) is 13.7. The molecule has 114 valence electrons. The summed E-state index contributed by atoms with van der Waals surface area (Å²) in [5, 5.41) is 1.19. The van der Waals surface area contributed by atoms with Gasteiger partial charge in [0.25, 0.3) is 0 Å². The van der Waals surface area contributed by atoms with Gasteiger partial charge in [0.15, 0.2) is 0 Å². The second kappa shape index (κ2) is 5.34. The van der Waals surface area contributed by atoms with E-state index in [-0.39, 0.29) is 0 Å². The average Bonchev–Trinajstić information content (AvgIpc) is 2.98. The molecule has 0 unspecified atom stereocenters. The summed E-state index contributed by atoms with van der Waals surface area (Å²) in [7, 11) is 4.24. The summed E-state index contributed by atoms with van der Waals surface area (Å²) in [5.41, 5.74) is 13.7. The standard InChI is InChI=1S/C17H26N4/c1-11-12(2)21(10-6-9-20(3)4)17-15(11)16(18)13-7-5-8-14(13)19-17/h5-10H2,1-4H3,(H2,18,19). The van der Waals surface area contributed by atoms with Gasteiger partial charge in [-0.25, -0.2) is 4.98 Å². The lowest BCUT2D eigenvalue weighted by atomic mass is 10.1. The number of hydrogen-bond donors (Lipinski definition) is 1. The van der Waals surface area contributed by atoms with Gasteiger partial charge in [-0.05, 0) is 71.3 Å². The van der Waals surface area contributed by atoms with Crippen LogP contribution in [0.15, 0.2) is 0 Å². The van der Waals surface area contributed by atoms with Crippen molar-refractivity contribution in [3.63, 3.8) is 0 Å². The summed E-state index contributed by atoms with van der Waals surface area (Å²) >= 11 is 0. The second-order valence-electron chi connectivity index (χ2n) is 6.52. The van der Waals surface area contributed by atoms with Crippen LogP contribution in [0.5, 0.6) is 0 Å². The summed E-state index contributed by atoms with van der Waals surface area (Å²) in [5.74, 6) is 0. The molecule has 2 heterocycles. The van der Waals surface area contributed by atoms with Gasteiger partial charge in [-0.15, -0.1) is 0 Å². The summed E-state index contributed by atoms with van der Waals surface area (Å²) < 4.78 is 2.36. The van der Waals surface area contributed by atoms with Crippen molar-refractivity contribution in [3.05, 3.63) is 22.5 Å². The summed E-state index contributed by atoms with van der Waals surface area (Å²) in [6.45, 7) is 6.48. The van der Waals surface area contributed by atoms with E-state index in [1.807, 2.05) is 0 Å². The van der Waals surface area contributed by atoms with E-state index in [0.717, 1.165) is 43.7 Å². The van der Waals surface area contributed by atoms with Gasteiger partial charge < -0.3 is 15.2 Å². The summed E-state index contributed by atoms with van der Waals surface area (Å²) in [6.07, 6.45) is 4.50. The lowest BCUT2D eigenvalue weighted by molar-refractivity contribution is 0.387. The van der Waals surface area contributed by atoms with Crippen LogP contribution in [0, 0.1) is 13.8 Å². The molecule has 0 atom stereocenters. The van der Waals surface area contributed by atoms with Crippen molar-refractivity contribution in [2.24, 2.45) is 0 Å². The van der Waals surface area contributed by atoms with Crippen molar-refractivity contribution in [1.29, 1.82) is 0 Å². The van der Waals surface area contributed by atoms with Crippen molar-refractivity contribution >= 4 is 16.7 Å². The number of anilines is 1. The SMILES string of the molecule is Cc1c(C)n(CCCN(C)C)c2nc3c(c(N)c12)CCC3. The molecule has 0 aliphatic heterocycles. The highest BCUT2D eigenvalue weighted by molar-refractivity contribution is 5.95. The maximum atomic E-state index is 6.47. The molecule has 0 radical (unpaired) electrons. The molecule has 1 aliphatic rings. The Hall–Kier alpha value is -1.55. The van der Waals surface area contributed by atoms with E-state index in [1.54, 1.807) is 0 Å². The Labute approximate surface area is 126 Å². The number of nitrogen functional groups attached to an aromatic ring is 1.